The van der Waals surface area contributed by atoms with Gasteiger partial charge in [0.05, 0.1) is 25.4 Å². The number of ether oxygens (including phenoxy) is 2. The predicted molar refractivity (Wildman–Crippen MR) is 85.8 cm³/mol. The molecule has 4 nitrogen and oxygen atoms in total. The van der Waals surface area contributed by atoms with Gasteiger partial charge in [0.15, 0.2) is 0 Å². The summed E-state index contributed by atoms with van der Waals surface area (Å²) in [6.07, 6.45) is 0.751. The average molecular weight is 295 g/mol. The fourth-order valence-corrected chi connectivity index (χ4v) is 1.94. The molecule has 1 rings (SSSR count). The van der Waals surface area contributed by atoms with E-state index in [1.807, 2.05) is 45.2 Å². The molecule has 1 atom stereocenters. The van der Waals surface area contributed by atoms with Gasteiger partial charge in [0.1, 0.15) is 5.75 Å². The molecule has 0 spiro atoms. The van der Waals surface area contributed by atoms with Crippen molar-refractivity contribution in [1.29, 1.82) is 0 Å². The Morgan fingerprint density at radius 1 is 1.14 bits per heavy atom. The molecule has 0 bridgehead atoms. The van der Waals surface area contributed by atoms with E-state index in [2.05, 4.69) is 11.8 Å². The molecule has 4 heteroatoms. The smallest absolute Gasteiger partial charge is 0.119 e. The van der Waals surface area contributed by atoms with E-state index >= 15 is 0 Å². The Hall–Kier alpha value is -1.10. The molecule has 1 unspecified atom stereocenters. The molecule has 0 saturated heterocycles. The van der Waals surface area contributed by atoms with Gasteiger partial charge in [-0.3, -0.25) is 0 Å². The summed E-state index contributed by atoms with van der Waals surface area (Å²) < 4.78 is 11.1. The molecule has 0 aromatic heterocycles. The highest BCUT2D eigenvalue weighted by Crippen LogP contribution is 2.18. The zero-order valence-electron chi connectivity index (χ0n) is 13.7. The molecule has 0 heterocycles. The van der Waals surface area contributed by atoms with Gasteiger partial charge in [-0.05, 0) is 45.0 Å². The second-order valence-corrected chi connectivity index (χ2v) is 5.62. The van der Waals surface area contributed by atoms with Crippen molar-refractivity contribution in [2.45, 2.75) is 39.4 Å². The number of likely N-dealkylation sites (N-methyl/N-ethyl adjacent to an activating group) is 1. The molecule has 0 aliphatic carbocycles. The number of nitrogens with zero attached hydrogens (tertiary/aromatic N) is 1. The number of hydrogen-bond acceptors (Lipinski definition) is 4. The largest absolute Gasteiger partial charge is 0.494 e. The number of benzene rings is 1. The first-order valence-electron chi connectivity index (χ1n) is 7.74. The van der Waals surface area contributed by atoms with Crippen molar-refractivity contribution in [1.82, 2.24) is 4.90 Å². The number of rotatable bonds is 10. The monoisotopic (exact) mass is 295 g/mol. The van der Waals surface area contributed by atoms with Crippen LogP contribution in [0.1, 0.15) is 38.9 Å². The maximum Gasteiger partial charge on any atom is 0.119 e. The maximum atomic E-state index is 10.2. The Morgan fingerprint density at radius 2 is 1.81 bits per heavy atom. The van der Waals surface area contributed by atoms with Gasteiger partial charge in [-0.25, -0.2) is 0 Å². The van der Waals surface area contributed by atoms with Crippen LogP contribution in [0.3, 0.4) is 0 Å². The van der Waals surface area contributed by atoms with Crippen molar-refractivity contribution >= 4 is 0 Å². The van der Waals surface area contributed by atoms with Crippen LogP contribution in [0.5, 0.6) is 5.75 Å². The Labute approximate surface area is 128 Å². The third kappa shape index (κ3) is 7.46. The molecule has 1 aromatic rings. The molecule has 1 N–H and O–H groups in total. The summed E-state index contributed by atoms with van der Waals surface area (Å²) in [7, 11) is 1.99. The Bertz CT molecular complexity index is 378. The first-order chi connectivity index (χ1) is 10.0. The minimum Gasteiger partial charge on any atom is -0.494 e. The average Bonchev–Trinajstić information content (AvgIpc) is 2.45. The number of aliphatic hydroxyl groups excluding tert-OH is 1. The lowest BCUT2D eigenvalue weighted by atomic mass is 10.1. The van der Waals surface area contributed by atoms with Crippen molar-refractivity contribution in [3.8, 4) is 5.75 Å². The lowest BCUT2D eigenvalue weighted by molar-refractivity contribution is 0.0519. The van der Waals surface area contributed by atoms with Crippen LogP contribution in [0.4, 0.5) is 0 Å². The first kappa shape index (κ1) is 18.0. The molecule has 0 aliphatic rings. The highest BCUT2D eigenvalue weighted by atomic mass is 16.5. The van der Waals surface area contributed by atoms with Gasteiger partial charge in [-0.15, -0.1) is 0 Å². The molecule has 21 heavy (non-hydrogen) atoms. The quantitative estimate of drug-likeness (QED) is 0.721. The Morgan fingerprint density at radius 3 is 2.38 bits per heavy atom. The van der Waals surface area contributed by atoms with Crippen LogP contribution in [0.2, 0.25) is 0 Å². The Kier molecular flexibility index (Phi) is 8.35. The highest BCUT2D eigenvalue weighted by molar-refractivity contribution is 5.28. The van der Waals surface area contributed by atoms with Crippen molar-refractivity contribution in [2.75, 3.05) is 33.4 Å². The topological polar surface area (TPSA) is 41.9 Å². The van der Waals surface area contributed by atoms with Crippen molar-refractivity contribution in [3.05, 3.63) is 29.8 Å². The molecule has 0 fully saturated rings. The second-order valence-electron chi connectivity index (χ2n) is 5.62. The van der Waals surface area contributed by atoms with Crippen molar-refractivity contribution in [2.24, 2.45) is 0 Å². The summed E-state index contributed by atoms with van der Waals surface area (Å²) in [6.45, 7) is 8.94. The van der Waals surface area contributed by atoms with E-state index in [0.29, 0.717) is 13.2 Å². The summed E-state index contributed by atoms with van der Waals surface area (Å²) in [5.74, 6) is 0.853. The van der Waals surface area contributed by atoms with E-state index < -0.39 is 6.10 Å². The summed E-state index contributed by atoms with van der Waals surface area (Å²) in [5, 5.41) is 10.2. The van der Waals surface area contributed by atoms with Crippen molar-refractivity contribution < 1.29 is 14.6 Å². The van der Waals surface area contributed by atoms with Crippen LogP contribution in [0, 0.1) is 0 Å². The lowest BCUT2D eigenvalue weighted by Crippen LogP contribution is -2.28. The third-order valence-corrected chi connectivity index (χ3v) is 3.15. The minimum absolute atomic E-state index is 0.249. The lowest BCUT2D eigenvalue weighted by Gasteiger charge is -2.21. The van der Waals surface area contributed by atoms with Gasteiger partial charge in [0.2, 0.25) is 0 Å². The van der Waals surface area contributed by atoms with Gasteiger partial charge >= 0.3 is 0 Å². The summed E-state index contributed by atoms with van der Waals surface area (Å²) in [4.78, 5) is 2.08. The van der Waals surface area contributed by atoms with Gasteiger partial charge < -0.3 is 19.5 Å². The van der Waals surface area contributed by atoms with Gasteiger partial charge in [0.25, 0.3) is 0 Å². The molecule has 0 amide bonds. The van der Waals surface area contributed by atoms with Gasteiger partial charge in [-0.1, -0.05) is 19.1 Å². The van der Waals surface area contributed by atoms with E-state index in [4.69, 9.17) is 9.47 Å². The van der Waals surface area contributed by atoms with E-state index in [-0.39, 0.29) is 6.10 Å². The van der Waals surface area contributed by atoms with Crippen LogP contribution < -0.4 is 4.74 Å². The highest BCUT2D eigenvalue weighted by Gasteiger charge is 2.11. The summed E-state index contributed by atoms with van der Waals surface area (Å²) >= 11 is 0. The molecule has 0 radical (unpaired) electrons. The van der Waals surface area contributed by atoms with Gasteiger partial charge in [0, 0.05) is 13.1 Å². The minimum atomic E-state index is -0.491. The first-order valence-corrected chi connectivity index (χ1v) is 7.74. The van der Waals surface area contributed by atoms with Crippen LogP contribution in [-0.4, -0.2) is 49.5 Å². The molecule has 0 saturated carbocycles. The second kappa shape index (κ2) is 9.77. The Balaban J connectivity index is 2.38. The van der Waals surface area contributed by atoms with Crippen LogP contribution in [0.25, 0.3) is 0 Å². The zero-order chi connectivity index (χ0) is 15.7. The molecular weight excluding hydrogens is 266 g/mol. The third-order valence-electron chi connectivity index (χ3n) is 3.15. The number of aliphatic hydroxyl groups is 1. The van der Waals surface area contributed by atoms with Crippen LogP contribution >= 0.6 is 0 Å². The van der Waals surface area contributed by atoms with Crippen LogP contribution in [-0.2, 0) is 4.74 Å². The predicted octanol–water partition coefficient (Wildman–Crippen LogP) is 2.87. The normalized spacial score (nSPS) is 12.9. The maximum absolute atomic E-state index is 10.2. The molecule has 1 aromatic carbocycles. The number of hydrogen-bond donors (Lipinski definition) is 1. The van der Waals surface area contributed by atoms with E-state index in [0.717, 1.165) is 30.9 Å². The van der Waals surface area contributed by atoms with Gasteiger partial charge in [-0.2, -0.15) is 0 Å². The fraction of sp³-hybridized carbons (Fsp3) is 0.647. The summed E-state index contributed by atoms with van der Waals surface area (Å²) in [5.41, 5.74) is 0.912. The molecular formula is C17H29NO3. The molecule has 120 valence electrons. The van der Waals surface area contributed by atoms with E-state index in [1.165, 1.54) is 0 Å². The standard InChI is InChI=1S/C17H29NO3/c1-5-11-21-16-8-6-15(7-9-16)17(19)13-18(4)10-12-20-14(2)3/h6-9,14,17,19H,5,10-13H2,1-4H3. The fourth-order valence-electron chi connectivity index (χ4n) is 1.94. The zero-order valence-corrected chi connectivity index (χ0v) is 13.7. The summed E-state index contributed by atoms with van der Waals surface area (Å²) in [6, 6.07) is 7.68. The van der Waals surface area contributed by atoms with Crippen LogP contribution in [0.15, 0.2) is 24.3 Å². The molecule has 0 aliphatic heterocycles. The SMILES string of the molecule is CCCOc1ccc(C(O)CN(C)CCOC(C)C)cc1. The van der Waals surface area contributed by atoms with Crippen molar-refractivity contribution in [3.63, 3.8) is 0 Å². The van der Waals surface area contributed by atoms with E-state index in [9.17, 15) is 5.11 Å². The van der Waals surface area contributed by atoms with E-state index in [1.54, 1.807) is 0 Å².